The van der Waals surface area contributed by atoms with Crippen LogP contribution in [0, 0.1) is 0 Å². The van der Waals surface area contributed by atoms with E-state index in [4.69, 9.17) is 10.5 Å². The minimum absolute atomic E-state index is 0. The Kier molecular flexibility index (Phi) is 10.9. The van der Waals surface area contributed by atoms with Gasteiger partial charge in [-0.15, -0.1) is 0 Å². The normalized spacial score (nSPS) is 11.6. The van der Waals surface area contributed by atoms with Gasteiger partial charge in [0.1, 0.15) is 0 Å². The molecule has 2 N–H and O–H groups in total. The molecular formula is C8H17CuNO2. The second kappa shape index (κ2) is 9.04. The van der Waals surface area contributed by atoms with Crippen LogP contribution in [0.1, 0.15) is 39.5 Å². The molecular weight excluding hydrogens is 206 g/mol. The molecule has 0 aromatic heterocycles. The fourth-order valence-electron chi connectivity index (χ4n) is 0.868. The van der Waals surface area contributed by atoms with Gasteiger partial charge in [-0.2, -0.15) is 0 Å². The summed E-state index contributed by atoms with van der Waals surface area (Å²) in [4.78, 5) is 10.4. The molecule has 1 unspecified atom stereocenters. The Morgan fingerprint density at radius 3 is 2.50 bits per heavy atom. The van der Waals surface area contributed by atoms with Gasteiger partial charge in [0, 0.05) is 24.0 Å². The largest absolute Gasteiger partial charge is 0.447 e. The molecule has 0 aromatic rings. The van der Waals surface area contributed by atoms with Crippen LogP contribution in [0.5, 0.6) is 0 Å². The molecule has 0 aliphatic rings. The van der Waals surface area contributed by atoms with Crippen molar-refractivity contribution in [3.8, 4) is 0 Å². The molecule has 0 fully saturated rings. The van der Waals surface area contributed by atoms with Crippen LogP contribution in [0.2, 0.25) is 0 Å². The first-order chi connectivity index (χ1) is 5.16. The van der Waals surface area contributed by atoms with Gasteiger partial charge in [-0.3, -0.25) is 10.5 Å². The van der Waals surface area contributed by atoms with Gasteiger partial charge in [0.15, 0.2) is 6.23 Å². The summed E-state index contributed by atoms with van der Waals surface area (Å²) in [7, 11) is 0. The third-order valence-corrected chi connectivity index (χ3v) is 1.41. The smallest absolute Gasteiger partial charge is 0.304 e. The summed E-state index contributed by atoms with van der Waals surface area (Å²) in [5.74, 6) is -0.297. The molecule has 0 heterocycles. The van der Waals surface area contributed by atoms with E-state index in [0.717, 1.165) is 25.7 Å². The number of carbonyl (C=O) groups excluding carboxylic acids is 1. The first kappa shape index (κ1) is 14.5. The molecule has 1 radical (unpaired) electrons. The van der Waals surface area contributed by atoms with Crippen LogP contribution in [0.25, 0.3) is 0 Å². The number of esters is 1. The molecule has 3 nitrogen and oxygen atoms in total. The minimum atomic E-state index is -0.404. The monoisotopic (exact) mass is 222 g/mol. The van der Waals surface area contributed by atoms with E-state index in [1.54, 1.807) is 0 Å². The van der Waals surface area contributed by atoms with Crippen LogP contribution >= 0.6 is 0 Å². The van der Waals surface area contributed by atoms with E-state index in [9.17, 15) is 4.79 Å². The van der Waals surface area contributed by atoms with Gasteiger partial charge in [-0.05, 0) is 12.8 Å². The summed E-state index contributed by atoms with van der Waals surface area (Å²) in [6, 6.07) is 0. The number of carbonyl (C=O) groups is 1. The zero-order valence-electron chi connectivity index (χ0n) is 7.60. The van der Waals surface area contributed by atoms with Crippen molar-refractivity contribution in [3.63, 3.8) is 0 Å². The number of nitrogens with two attached hydrogens (primary N) is 1. The Balaban J connectivity index is 0. The Hall–Kier alpha value is -0.0505. The molecule has 0 aliphatic heterocycles. The molecule has 0 aromatic carbocycles. The standard InChI is InChI=1S/C8H17NO2.Cu/c1-3-4-5-6-8(9)11-7(2)10;/h8H,3-6,9H2,1-2H3;. The summed E-state index contributed by atoms with van der Waals surface area (Å²) < 4.78 is 4.74. The molecule has 12 heavy (non-hydrogen) atoms. The number of rotatable bonds is 5. The zero-order valence-corrected chi connectivity index (χ0v) is 8.54. The summed E-state index contributed by atoms with van der Waals surface area (Å²) in [5, 5.41) is 0. The van der Waals surface area contributed by atoms with Gasteiger partial charge in [0.2, 0.25) is 0 Å². The van der Waals surface area contributed by atoms with E-state index in [0.29, 0.717) is 0 Å². The average Bonchev–Trinajstić information content (AvgIpc) is 1.86. The fraction of sp³-hybridized carbons (Fsp3) is 0.875. The fourth-order valence-corrected chi connectivity index (χ4v) is 0.868. The first-order valence-electron chi connectivity index (χ1n) is 4.09. The third-order valence-electron chi connectivity index (χ3n) is 1.41. The number of unbranched alkanes of at least 4 members (excludes halogenated alkanes) is 2. The van der Waals surface area contributed by atoms with Crippen molar-refractivity contribution < 1.29 is 26.6 Å². The maximum absolute atomic E-state index is 10.4. The summed E-state index contributed by atoms with van der Waals surface area (Å²) >= 11 is 0. The van der Waals surface area contributed by atoms with Crippen LogP contribution < -0.4 is 5.73 Å². The van der Waals surface area contributed by atoms with Crippen molar-refractivity contribution in [2.24, 2.45) is 5.73 Å². The second-order valence-electron chi connectivity index (χ2n) is 2.64. The third kappa shape index (κ3) is 9.95. The maximum atomic E-state index is 10.4. The van der Waals surface area contributed by atoms with Crippen molar-refractivity contribution in [1.29, 1.82) is 0 Å². The molecule has 4 heteroatoms. The average molecular weight is 223 g/mol. The van der Waals surface area contributed by atoms with Gasteiger partial charge < -0.3 is 4.74 Å². The molecule has 0 spiro atoms. The SMILES string of the molecule is CCCCCC(N)OC(C)=O.[Cu]. The van der Waals surface area contributed by atoms with Crippen LogP contribution in [0.15, 0.2) is 0 Å². The molecule has 0 saturated heterocycles. The Bertz CT molecular complexity index is 120. The summed E-state index contributed by atoms with van der Waals surface area (Å²) in [6.07, 6.45) is 3.71. The molecule has 77 valence electrons. The Labute approximate surface area is 84.5 Å². The molecule has 0 bridgehead atoms. The summed E-state index contributed by atoms with van der Waals surface area (Å²) in [6.45, 7) is 3.50. The second-order valence-corrected chi connectivity index (χ2v) is 2.64. The van der Waals surface area contributed by atoms with Crippen molar-refractivity contribution in [1.82, 2.24) is 0 Å². The van der Waals surface area contributed by atoms with E-state index in [1.807, 2.05) is 0 Å². The van der Waals surface area contributed by atoms with E-state index in [1.165, 1.54) is 6.92 Å². The predicted octanol–water partition coefficient (Wildman–Crippen LogP) is 1.41. The Morgan fingerprint density at radius 2 is 2.08 bits per heavy atom. The Morgan fingerprint density at radius 1 is 1.50 bits per heavy atom. The van der Waals surface area contributed by atoms with Crippen LogP contribution in [0.4, 0.5) is 0 Å². The maximum Gasteiger partial charge on any atom is 0.304 e. The summed E-state index contributed by atoms with van der Waals surface area (Å²) in [5.41, 5.74) is 5.47. The van der Waals surface area contributed by atoms with E-state index < -0.39 is 6.23 Å². The van der Waals surface area contributed by atoms with Gasteiger partial charge in [-0.1, -0.05) is 19.8 Å². The number of hydrogen-bond donors (Lipinski definition) is 1. The van der Waals surface area contributed by atoms with E-state index >= 15 is 0 Å². The van der Waals surface area contributed by atoms with Crippen molar-refractivity contribution >= 4 is 5.97 Å². The van der Waals surface area contributed by atoms with Gasteiger partial charge in [0.25, 0.3) is 0 Å². The van der Waals surface area contributed by atoms with Crippen LogP contribution in [-0.2, 0) is 26.6 Å². The molecule has 0 saturated carbocycles. The van der Waals surface area contributed by atoms with Gasteiger partial charge in [0.05, 0.1) is 0 Å². The molecule has 0 aliphatic carbocycles. The first-order valence-corrected chi connectivity index (χ1v) is 4.09. The van der Waals surface area contributed by atoms with E-state index in [2.05, 4.69) is 6.92 Å². The molecule has 0 rings (SSSR count). The minimum Gasteiger partial charge on any atom is -0.447 e. The van der Waals surface area contributed by atoms with Crippen molar-refractivity contribution in [2.75, 3.05) is 0 Å². The van der Waals surface area contributed by atoms with E-state index in [-0.39, 0.29) is 23.0 Å². The number of hydrogen-bond acceptors (Lipinski definition) is 3. The molecule has 0 amide bonds. The topological polar surface area (TPSA) is 52.3 Å². The van der Waals surface area contributed by atoms with Crippen LogP contribution in [-0.4, -0.2) is 12.2 Å². The molecule has 1 atom stereocenters. The van der Waals surface area contributed by atoms with Crippen molar-refractivity contribution in [2.45, 2.75) is 45.8 Å². The zero-order chi connectivity index (χ0) is 8.69. The predicted molar refractivity (Wildman–Crippen MR) is 43.9 cm³/mol. The quantitative estimate of drug-likeness (QED) is 0.331. The van der Waals surface area contributed by atoms with Gasteiger partial charge >= 0.3 is 5.97 Å². The number of ether oxygens (including phenoxy) is 1. The van der Waals surface area contributed by atoms with Crippen molar-refractivity contribution in [3.05, 3.63) is 0 Å². The van der Waals surface area contributed by atoms with Gasteiger partial charge in [-0.25, -0.2) is 0 Å². The van der Waals surface area contributed by atoms with Crippen LogP contribution in [0.3, 0.4) is 0 Å².